The van der Waals surface area contributed by atoms with E-state index in [2.05, 4.69) is 39.4 Å². The Hall–Kier alpha value is -1.59. The number of likely N-dealkylation sites (N-methyl/N-ethyl adjacent to an activating group) is 1. The summed E-state index contributed by atoms with van der Waals surface area (Å²) in [6, 6.07) is 9.98. The van der Waals surface area contributed by atoms with Crippen LogP contribution in [-0.2, 0) is 4.79 Å². The number of carboxylic acid groups (broad SMARTS) is 1. The quantitative estimate of drug-likeness (QED) is 0.808. The van der Waals surface area contributed by atoms with Gasteiger partial charge in [0.05, 0.1) is 0 Å². The lowest BCUT2D eigenvalue weighted by atomic mass is 10.2. The van der Waals surface area contributed by atoms with Crippen molar-refractivity contribution in [2.45, 2.75) is 12.5 Å². The van der Waals surface area contributed by atoms with E-state index >= 15 is 0 Å². The first-order valence-electron chi connectivity index (χ1n) is 7.13. The van der Waals surface area contributed by atoms with Gasteiger partial charge in [-0.1, -0.05) is 18.2 Å². The number of piperazine rings is 1. The van der Waals surface area contributed by atoms with Crippen molar-refractivity contribution in [3.8, 4) is 0 Å². The van der Waals surface area contributed by atoms with E-state index in [9.17, 15) is 4.79 Å². The van der Waals surface area contributed by atoms with Crippen molar-refractivity contribution in [2.75, 3.05) is 44.7 Å². The molecule has 1 aliphatic rings. The van der Waals surface area contributed by atoms with Crippen LogP contribution < -0.4 is 10.2 Å². The second-order valence-electron chi connectivity index (χ2n) is 5.13. The van der Waals surface area contributed by atoms with E-state index in [4.69, 9.17) is 5.11 Å². The predicted molar refractivity (Wildman–Crippen MR) is 80.2 cm³/mol. The molecule has 1 aromatic rings. The number of para-hydroxylation sites is 1. The van der Waals surface area contributed by atoms with Gasteiger partial charge in [-0.2, -0.15) is 0 Å². The number of benzene rings is 1. The van der Waals surface area contributed by atoms with Crippen LogP contribution in [0.15, 0.2) is 30.3 Å². The maximum atomic E-state index is 11.0. The Morgan fingerprint density at radius 2 is 1.90 bits per heavy atom. The highest BCUT2D eigenvalue weighted by Crippen LogP contribution is 2.15. The topological polar surface area (TPSA) is 55.8 Å². The number of carbonyl (C=O) groups is 1. The van der Waals surface area contributed by atoms with Crippen LogP contribution in [0.4, 0.5) is 5.69 Å². The van der Waals surface area contributed by atoms with E-state index in [1.165, 1.54) is 5.69 Å². The van der Waals surface area contributed by atoms with Crippen LogP contribution in [0, 0.1) is 0 Å². The second-order valence-corrected chi connectivity index (χ2v) is 5.13. The molecular weight excluding hydrogens is 254 g/mol. The number of aliphatic carboxylic acids is 1. The van der Waals surface area contributed by atoms with E-state index in [0.29, 0.717) is 6.42 Å². The largest absolute Gasteiger partial charge is 0.480 e. The summed E-state index contributed by atoms with van der Waals surface area (Å²) in [5.74, 6) is -0.768. The summed E-state index contributed by atoms with van der Waals surface area (Å²) in [6.45, 7) is 4.82. The Labute approximate surface area is 120 Å². The first-order chi connectivity index (χ1) is 9.70. The minimum atomic E-state index is -0.768. The van der Waals surface area contributed by atoms with Crippen LogP contribution in [0.25, 0.3) is 0 Å². The normalized spacial score (nSPS) is 17.9. The summed E-state index contributed by atoms with van der Waals surface area (Å²) in [6.07, 6.45) is 0.650. The third-order valence-electron chi connectivity index (χ3n) is 3.87. The SMILES string of the molecule is CNC(CCN1CCN(c2ccccc2)CC1)C(=O)O. The van der Waals surface area contributed by atoms with Gasteiger partial charge in [-0.3, -0.25) is 9.69 Å². The highest BCUT2D eigenvalue weighted by molar-refractivity contribution is 5.73. The average Bonchev–Trinajstić information content (AvgIpc) is 2.49. The molecule has 1 unspecified atom stereocenters. The molecule has 2 rings (SSSR count). The fourth-order valence-electron chi connectivity index (χ4n) is 2.57. The monoisotopic (exact) mass is 277 g/mol. The molecule has 0 saturated carbocycles. The Morgan fingerprint density at radius 1 is 1.25 bits per heavy atom. The van der Waals surface area contributed by atoms with E-state index in [0.717, 1.165) is 32.7 Å². The molecule has 0 aromatic heterocycles. The Kier molecular flexibility index (Phi) is 5.38. The van der Waals surface area contributed by atoms with Gasteiger partial charge in [0.15, 0.2) is 0 Å². The fourth-order valence-corrected chi connectivity index (χ4v) is 2.57. The Morgan fingerprint density at radius 3 is 2.45 bits per heavy atom. The van der Waals surface area contributed by atoms with Gasteiger partial charge in [-0.15, -0.1) is 0 Å². The van der Waals surface area contributed by atoms with Gasteiger partial charge in [0.1, 0.15) is 6.04 Å². The number of rotatable bonds is 6. The molecule has 1 saturated heterocycles. The van der Waals surface area contributed by atoms with Gasteiger partial charge in [-0.25, -0.2) is 0 Å². The number of hydrogen-bond donors (Lipinski definition) is 2. The molecule has 0 spiro atoms. The Balaban J connectivity index is 1.76. The van der Waals surface area contributed by atoms with Crippen LogP contribution in [-0.4, -0.2) is 61.8 Å². The maximum absolute atomic E-state index is 11.0. The lowest BCUT2D eigenvalue weighted by Gasteiger charge is -2.36. The zero-order valence-corrected chi connectivity index (χ0v) is 12.0. The van der Waals surface area contributed by atoms with Crippen LogP contribution in [0.3, 0.4) is 0 Å². The molecule has 5 heteroatoms. The van der Waals surface area contributed by atoms with Crippen molar-refractivity contribution in [1.82, 2.24) is 10.2 Å². The minimum absolute atomic E-state index is 0.442. The van der Waals surface area contributed by atoms with E-state index in [1.807, 2.05) is 6.07 Å². The van der Waals surface area contributed by atoms with E-state index < -0.39 is 12.0 Å². The van der Waals surface area contributed by atoms with Gasteiger partial charge in [0.2, 0.25) is 0 Å². The standard InChI is InChI=1S/C15H23N3O2/c1-16-14(15(19)20)7-8-17-9-11-18(12-10-17)13-5-3-2-4-6-13/h2-6,14,16H,7-12H2,1H3,(H,19,20). The smallest absolute Gasteiger partial charge is 0.320 e. The van der Waals surface area contributed by atoms with Crippen LogP contribution in [0.1, 0.15) is 6.42 Å². The van der Waals surface area contributed by atoms with Crippen LogP contribution >= 0.6 is 0 Å². The van der Waals surface area contributed by atoms with Crippen molar-refractivity contribution in [3.63, 3.8) is 0 Å². The summed E-state index contributed by atoms with van der Waals surface area (Å²) < 4.78 is 0. The third kappa shape index (κ3) is 3.95. The molecule has 1 atom stereocenters. The molecule has 1 fully saturated rings. The lowest BCUT2D eigenvalue weighted by Crippen LogP contribution is -2.48. The zero-order valence-electron chi connectivity index (χ0n) is 12.0. The molecule has 1 heterocycles. The fraction of sp³-hybridized carbons (Fsp3) is 0.533. The summed E-state index contributed by atoms with van der Waals surface area (Å²) in [4.78, 5) is 15.7. The number of anilines is 1. The van der Waals surface area contributed by atoms with Crippen molar-refractivity contribution in [3.05, 3.63) is 30.3 Å². The molecule has 1 aromatic carbocycles. The number of nitrogens with one attached hydrogen (secondary N) is 1. The average molecular weight is 277 g/mol. The first-order valence-corrected chi connectivity index (χ1v) is 7.13. The number of carboxylic acids is 1. The summed E-state index contributed by atoms with van der Waals surface area (Å²) >= 11 is 0. The number of nitrogens with zero attached hydrogens (tertiary/aromatic N) is 2. The lowest BCUT2D eigenvalue weighted by molar-refractivity contribution is -0.139. The highest BCUT2D eigenvalue weighted by atomic mass is 16.4. The van der Waals surface area contributed by atoms with Crippen molar-refractivity contribution in [2.24, 2.45) is 0 Å². The molecule has 0 bridgehead atoms. The maximum Gasteiger partial charge on any atom is 0.320 e. The molecule has 0 radical (unpaired) electrons. The van der Waals surface area contributed by atoms with Gasteiger partial charge >= 0.3 is 5.97 Å². The molecule has 0 amide bonds. The third-order valence-corrected chi connectivity index (χ3v) is 3.87. The summed E-state index contributed by atoms with van der Waals surface area (Å²) in [5, 5.41) is 11.8. The predicted octanol–water partition coefficient (Wildman–Crippen LogP) is 0.871. The van der Waals surface area contributed by atoms with E-state index in [1.54, 1.807) is 7.05 Å². The molecule has 1 aliphatic heterocycles. The molecule has 2 N–H and O–H groups in total. The second kappa shape index (κ2) is 7.26. The van der Waals surface area contributed by atoms with Gasteiger partial charge in [0.25, 0.3) is 0 Å². The summed E-state index contributed by atoms with van der Waals surface area (Å²) in [5.41, 5.74) is 1.27. The van der Waals surface area contributed by atoms with Crippen molar-refractivity contribution in [1.29, 1.82) is 0 Å². The first kappa shape index (κ1) is 14.8. The van der Waals surface area contributed by atoms with Crippen molar-refractivity contribution >= 4 is 11.7 Å². The van der Waals surface area contributed by atoms with Crippen LogP contribution in [0.2, 0.25) is 0 Å². The van der Waals surface area contributed by atoms with Gasteiger partial charge < -0.3 is 15.3 Å². The zero-order chi connectivity index (χ0) is 14.4. The molecule has 110 valence electrons. The van der Waals surface area contributed by atoms with E-state index in [-0.39, 0.29) is 0 Å². The molecule has 0 aliphatic carbocycles. The highest BCUT2D eigenvalue weighted by Gasteiger charge is 2.20. The van der Waals surface area contributed by atoms with Gasteiger partial charge in [0, 0.05) is 38.4 Å². The van der Waals surface area contributed by atoms with Crippen LogP contribution in [0.5, 0.6) is 0 Å². The van der Waals surface area contributed by atoms with Crippen molar-refractivity contribution < 1.29 is 9.90 Å². The van der Waals surface area contributed by atoms with Gasteiger partial charge in [-0.05, 0) is 25.6 Å². The molecule has 5 nitrogen and oxygen atoms in total. The number of hydrogen-bond acceptors (Lipinski definition) is 4. The minimum Gasteiger partial charge on any atom is -0.480 e. The Bertz CT molecular complexity index is 416. The summed E-state index contributed by atoms with van der Waals surface area (Å²) in [7, 11) is 1.70. The molecular formula is C15H23N3O2. The molecule has 20 heavy (non-hydrogen) atoms.